The van der Waals surface area contributed by atoms with Gasteiger partial charge >= 0.3 is 0 Å². The van der Waals surface area contributed by atoms with Gasteiger partial charge in [-0.1, -0.05) is 18.2 Å². The van der Waals surface area contributed by atoms with Crippen LogP contribution in [-0.4, -0.2) is 24.2 Å². The van der Waals surface area contributed by atoms with Crippen LogP contribution in [0.5, 0.6) is 0 Å². The van der Waals surface area contributed by atoms with Gasteiger partial charge in [0.2, 0.25) is 5.91 Å². The third-order valence-electron chi connectivity index (χ3n) is 2.18. The molecule has 0 saturated heterocycles. The minimum Gasteiger partial charge on any atom is -0.395 e. The maximum absolute atomic E-state index is 13.3. The monoisotopic (exact) mass is 211 g/mol. The van der Waals surface area contributed by atoms with Crippen molar-refractivity contribution in [1.29, 1.82) is 0 Å². The van der Waals surface area contributed by atoms with Crippen molar-refractivity contribution in [3.63, 3.8) is 0 Å². The van der Waals surface area contributed by atoms with E-state index >= 15 is 0 Å². The number of benzene rings is 1. The Labute approximate surface area is 87.9 Å². The van der Waals surface area contributed by atoms with E-state index in [1.54, 1.807) is 25.1 Å². The molecule has 15 heavy (non-hydrogen) atoms. The third-order valence-corrected chi connectivity index (χ3v) is 2.18. The molecule has 1 amide bonds. The van der Waals surface area contributed by atoms with Crippen molar-refractivity contribution in [2.75, 3.05) is 13.2 Å². The molecule has 0 saturated carbocycles. The molecule has 0 radical (unpaired) electrons. The van der Waals surface area contributed by atoms with Crippen LogP contribution in [0.4, 0.5) is 4.39 Å². The molecule has 0 aliphatic heterocycles. The maximum Gasteiger partial charge on any atom is 0.227 e. The third kappa shape index (κ3) is 3.02. The summed E-state index contributed by atoms with van der Waals surface area (Å²) in [5, 5.41) is 11.0. The van der Waals surface area contributed by atoms with Gasteiger partial charge in [0.1, 0.15) is 5.82 Å². The number of carbonyl (C=O) groups is 1. The summed E-state index contributed by atoms with van der Waals surface area (Å²) in [6, 6.07) is 6.18. The molecule has 0 aliphatic carbocycles. The molecule has 0 bridgehead atoms. The van der Waals surface area contributed by atoms with Gasteiger partial charge in [-0.05, 0) is 18.6 Å². The van der Waals surface area contributed by atoms with Gasteiger partial charge in [-0.15, -0.1) is 0 Å². The number of carbonyl (C=O) groups excluding carboxylic acids is 1. The van der Waals surface area contributed by atoms with Crippen molar-refractivity contribution in [1.82, 2.24) is 5.32 Å². The molecule has 1 aromatic rings. The number of aliphatic hydroxyl groups excluding tert-OH is 1. The Morgan fingerprint density at radius 2 is 2.20 bits per heavy atom. The van der Waals surface area contributed by atoms with E-state index in [-0.39, 0.29) is 24.9 Å². The number of halogens is 1. The topological polar surface area (TPSA) is 49.3 Å². The highest BCUT2D eigenvalue weighted by Crippen LogP contribution is 2.18. The van der Waals surface area contributed by atoms with Gasteiger partial charge in [-0.3, -0.25) is 4.79 Å². The van der Waals surface area contributed by atoms with Crippen molar-refractivity contribution in [2.24, 2.45) is 0 Å². The Bertz CT molecular complexity index is 341. The second-order valence-electron chi connectivity index (χ2n) is 3.26. The van der Waals surface area contributed by atoms with Crippen LogP contribution in [0, 0.1) is 5.82 Å². The van der Waals surface area contributed by atoms with Crippen molar-refractivity contribution >= 4 is 5.91 Å². The van der Waals surface area contributed by atoms with E-state index in [0.29, 0.717) is 5.56 Å². The van der Waals surface area contributed by atoms with Crippen LogP contribution in [0.25, 0.3) is 0 Å². The summed E-state index contributed by atoms with van der Waals surface area (Å²) in [6.45, 7) is 1.71. The highest BCUT2D eigenvalue weighted by molar-refractivity contribution is 5.83. The molecule has 1 atom stereocenters. The lowest BCUT2D eigenvalue weighted by molar-refractivity contribution is -0.122. The van der Waals surface area contributed by atoms with Crippen LogP contribution in [0.3, 0.4) is 0 Å². The fourth-order valence-corrected chi connectivity index (χ4v) is 1.30. The number of hydrogen-bond donors (Lipinski definition) is 2. The number of aliphatic hydroxyl groups is 1. The molecule has 1 rings (SSSR count). The maximum atomic E-state index is 13.3. The van der Waals surface area contributed by atoms with E-state index in [1.807, 2.05) is 0 Å². The average molecular weight is 211 g/mol. The largest absolute Gasteiger partial charge is 0.395 e. The quantitative estimate of drug-likeness (QED) is 0.781. The smallest absolute Gasteiger partial charge is 0.227 e. The minimum atomic E-state index is -0.544. The van der Waals surface area contributed by atoms with Gasteiger partial charge in [0.25, 0.3) is 0 Å². The van der Waals surface area contributed by atoms with Crippen molar-refractivity contribution in [3.8, 4) is 0 Å². The Balaban J connectivity index is 2.72. The molecule has 2 N–H and O–H groups in total. The standard InChI is InChI=1S/C11H14FNO2/c1-8(11(15)13-6-7-14)9-4-2-3-5-10(9)12/h2-5,8,14H,6-7H2,1H3,(H,13,15). The summed E-state index contributed by atoms with van der Waals surface area (Å²) in [4.78, 5) is 11.5. The molecular weight excluding hydrogens is 197 g/mol. The average Bonchev–Trinajstić information content (AvgIpc) is 2.25. The predicted molar refractivity (Wildman–Crippen MR) is 54.9 cm³/mol. The van der Waals surface area contributed by atoms with Crippen molar-refractivity contribution in [3.05, 3.63) is 35.6 Å². The van der Waals surface area contributed by atoms with Gasteiger partial charge in [-0.25, -0.2) is 4.39 Å². The number of hydrogen-bond acceptors (Lipinski definition) is 2. The normalized spacial score (nSPS) is 12.2. The Morgan fingerprint density at radius 1 is 1.53 bits per heavy atom. The van der Waals surface area contributed by atoms with E-state index in [2.05, 4.69) is 5.32 Å². The molecule has 4 heteroatoms. The van der Waals surface area contributed by atoms with Gasteiger partial charge in [0.15, 0.2) is 0 Å². The first-order valence-electron chi connectivity index (χ1n) is 4.79. The summed E-state index contributed by atoms with van der Waals surface area (Å²) in [5.41, 5.74) is 0.368. The van der Waals surface area contributed by atoms with E-state index in [1.165, 1.54) is 6.07 Å². The van der Waals surface area contributed by atoms with Gasteiger partial charge in [-0.2, -0.15) is 0 Å². The van der Waals surface area contributed by atoms with Crippen LogP contribution < -0.4 is 5.32 Å². The lowest BCUT2D eigenvalue weighted by Gasteiger charge is -2.12. The fraction of sp³-hybridized carbons (Fsp3) is 0.364. The number of amides is 1. The zero-order valence-corrected chi connectivity index (χ0v) is 8.53. The Kier molecular flexibility index (Phi) is 4.24. The second kappa shape index (κ2) is 5.46. The predicted octanol–water partition coefficient (Wildman–Crippen LogP) is 1.04. The molecule has 1 unspecified atom stereocenters. The van der Waals surface area contributed by atoms with Crippen LogP contribution in [0.1, 0.15) is 18.4 Å². The van der Waals surface area contributed by atoms with Crippen LogP contribution in [0.15, 0.2) is 24.3 Å². The molecular formula is C11H14FNO2. The molecule has 1 aromatic carbocycles. The van der Waals surface area contributed by atoms with E-state index in [9.17, 15) is 9.18 Å². The van der Waals surface area contributed by atoms with E-state index in [4.69, 9.17) is 5.11 Å². The SMILES string of the molecule is CC(C(=O)NCCO)c1ccccc1F. The summed E-state index contributed by atoms with van der Waals surface area (Å²) >= 11 is 0. The van der Waals surface area contributed by atoms with Gasteiger partial charge < -0.3 is 10.4 Å². The lowest BCUT2D eigenvalue weighted by Crippen LogP contribution is -2.30. The lowest BCUT2D eigenvalue weighted by atomic mass is 10.00. The molecule has 0 fully saturated rings. The summed E-state index contributed by atoms with van der Waals surface area (Å²) in [6.07, 6.45) is 0. The highest BCUT2D eigenvalue weighted by atomic mass is 19.1. The van der Waals surface area contributed by atoms with Gasteiger partial charge in [0.05, 0.1) is 12.5 Å². The van der Waals surface area contributed by atoms with E-state index in [0.717, 1.165) is 0 Å². The molecule has 0 aromatic heterocycles. The first kappa shape index (κ1) is 11.7. The number of rotatable bonds is 4. The van der Waals surface area contributed by atoms with Crippen LogP contribution >= 0.6 is 0 Å². The highest BCUT2D eigenvalue weighted by Gasteiger charge is 2.17. The van der Waals surface area contributed by atoms with Crippen LogP contribution in [0.2, 0.25) is 0 Å². The zero-order valence-electron chi connectivity index (χ0n) is 8.53. The molecule has 0 aliphatic rings. The molecule has 0 spiro atoms. The van der Waals surface area contributed by atoms with Crippen molar-refractivity contribution in [2.45, 2.75) is 12.8 Å². The van der Waals surface area contributed by atoms with Crippen molar-refractivity contribution < 1.29 is 14.3 Å². The fourth-order valence-electron chi connectivity index (χ4n) is 1.30. The molecule has 0 heterocycles. The number of nitrogens with one attached hydrogen (secondary N) is 1. The zero-order chi connectivity index (χ0) is 11.3. The summed E-state index contributed by atoms with van der Waals surface area (Å²) < 4.78 is 13.3. The second-order valence-corrected chi connectivity index (χ2v) is 3.26. The molecule has 82 valence electrons. The summed E-state index contributed by atoms with van der Waals surface area (Å²) in [7, 11) is 0. The van der Waals surface area contributed by atoms with E-state index < -0.39 is 5.92 Å². The first-order valence-corrected chi connectivity index (χ1v) is 4.79. The Hall–Kier alpha value is -1.42. The Morgan fingerprint density at radius 3 is 2.80 bits per heavy atom. The minimum absolute atomic E-state index is 0.115. The van der Waals surface area contributed by atoms with Gasteiger partial charge in [0, 0.05) is 6.54 Å². The molecule has 3 nitrogen and oxygen atoms in total. The first-order chi connectivity index (χ1) is 7.16. The van der Waals surface area contributed by atoms with Crippen LogP contribution in [-0.2, 0) is 4.79 Å². The summed E-state index contributed by atoms with van der Waals surface area (Å²) in [5.74, 6) is -1.21.